The van der Waals surface area contributed by atoms with Gasteiger partial charge in [0.05, 0.1) is 12.3 Å². The van der Waals surface area contributed by atoms with Crippen LogP contribution in [0.1, 0.15) is 35.6 Å². The predicted octanol–water partition coefficient (Wildman–Crippen LogP) is 1.28. The van der Waals surface area contributed by atoms with Crippen molar-refractivity contribution < 1.29 is 9.21 Å². The molecule has 0 radical (unpaired) electrons. The summed E-state index contributed by atoms with van der Waals surface area (Å²) in [6.07, 6.45) is 2.38. The summed E-state index contributed by atoms with van der Waals surface area (Å²) in [5.74, 6) is 0.465. The molecule has 2 aromatic heterocycles. The molecule has 7 heteroatoms. The maximum absolute atomic E-state index is 12.3. The molecule has 0 fully saturated rings. The predicted molar refractivity (Wildman–Crippen MR) is 86.3 cm³/mol. The molecule has 1 atom stereocenters. The summed E-state index contributed by atoms with van der Waals surface area (Å²) in [7, 11) is 3.83. The van der Waals surface area contributed by atoms with Gasteiger partial charge in [-0.05, 0) is 38.7 Å². The number of hydrogen-bond donors (Lipinski definition) is 1. The molecule has 0 aliphatic carbocycles. The zero-order chi connectivity index (χ0) is 16.8. The van der Waals surface area contributed by atoms with Crippen molar-refractivity contribution in [2.45, 2.75) is 25.9 Å². The Labute approximate surface area is 134 Å². The smallest absolute Gasteiger partial charge is 0.271 e. The average molecular weight is 318 g/mol. The summed E-state index contributed by atoms with van der Waals surface area (Å²) in [6.45, 7) is 2.83. The van der Waals surface area contributed by atoms with Crippen LogP contribution in [0, 0.1) is 0 Å². The van der Waals surface area contributed by atoms with E-state index in [-0.39, 0.29) is 23.2 Å². The number of carbonyl (C=O) groups is 1. The van der Waals surface area contributed by atoms with Crippen molar-refractivity contribution in [2.24, 2.45) is 0 Å². The van der Waals surface area contributed by atoms with E-state index in [1.807, 2.05) is 38.1 Å². The lowest BCUT2D eigenvalue weighted by molar-refractivity contribution is 0.0931. The van der Waals surface area contributed by atoms with Crippen molar-refractivity contribution in [1.29, 1.82) is 0 Å². The van der Waals surface area contributed by atoms with Crippen LogP contribution in [0.15, 0.2) is 39.7 Å². The second kappa shape index (κ2) is 7.73. The molecule has 1 amide bonds. The quantitative estimate of drug-likeness (QED) is 0.832. The first-order valence-corrected chi connectivity index (χ1v) is 7.59. The van der Waals surface area contributed by atoms with Gasteiger partial charge in [0.25, 0.3) is 11.5 Å². The third kappa shape index (κ3) is 4.29. The van der Waals surface area contributed by atoms with E-state index in [2.05, 4.69) is 10.4 Å². The van der Waals surface area contributed by atoms with E-state index in [1.165, 1.54) is 16.8 Å². The van der Waals surface area contributed by atoms with Crippen molar-refractivity contribution in [1.82, 2.24) is 20.0 Å². The maximum atomic E-state index is 12.3. The van der Waals surface area contributed by atoms with Crippen LogP contribution in [0.3, 0.4) is 0 Å². The highest BCUT2D eigenvalue weighted by Gasteiger charge is 2.19. The fraction of sp³-hybridized carbons (Fsp3) is 0.438. The van der Waals surface area contributed by atoms with Gasteiger partial charge in [0.15, 0.2) is 0 Å². The largest absolute Gasteiger partial charge is 0.468 e. The Morgan fingerprint density at radius 1 is 1.39 bits per heavy atom. The Morgan fingerprint density at radius 3 is 2.78 bits per heavy atom. The number of aromatic nitrogens is 2. The minimum Gasteiger partial charge on any atom is -0.468 e. The van der Waals surface area contributed by atoms with Crippen molar-refractivity contribution in [3.8, 4) is 0 Å². The zero-order valence-electron chi connectivity index (χ0n) is 13.7. The van der Waals surface area contributed by atoms with Gasteiger partial charge < -0.3 is 9.73 Å². The van der Waals surface area contributed by atoms with E-state index in [9.17, 15) is 9.59 Å². The molecular formula is C16H22N4O3. The van der Waals surface area contributed by atoms with Crippen LogP contribution in [0.25, 0.3) is 0 Å². The lowest BCUT2D eigenvalue weighted by atomic mass is 10.2. The van der Waals surface area contributed by atoms with Gasteiger partial charge in [-0.25, -0.2) is 4.68 Å². The molecule has 1 N–H and O–H groups in total. The third-order valence-corrected chi connectivity index (χ3v) is 3.49. The minimum absolute atomic E-state index is 0.0736. The number of carbonyl (C=O) groups excluding carboxylic acids is 1. The summed E-state index contributed by atoms with van der Waals surface area (Å²) < 4.78 is 6.72. The van der Waals surface area contributed by atoms with Gasteiger partial charge in [-0.15, -0.1) is 0 Å². The van der Waals surface area contributed by atoms with E-state index in [0.717, 1.165) is 12.2 Å². The van der Waals surface area contributed by atoms with Crippen molar-refractivity contribution >= 4 is 5.91 Å². The third-order valence-electron chi connectivity index (χ3n) is 3.49. The van der Waals surface area contributed by atoms with Crippen LogP contribution in [0.5, 0.6) is 0 Å². The number of furan rings is 1. The lowest BCUT2D eigenvalue weighted by Gasteiger charge is -2.22. The summed E-state index contributed by atoms with van der Waals surface area (Å²) in [5.41, 5.74) is 0.0279. The normalized spacial score (nSPS) is 12.3. The molecule has 0 aliphatic rings. The fourth-order valence-corrected chi connectivity index (χ4v) is 2.24. The molecule has 7 nitrogen and oxygen atoms in total. The van der Waals surface area contributed by atoms with E-state index in [1.54, 1.807) is 6.26 Å². The van der Waals surface area contributed by atoms with Gasteiger partial charge in [0.2, 0.25) is 0 Å². The van der Waals surface area contributed by atoms with Gasteiger partial charge in [-0.1, -0.05) is 6.92 Å². The number of aryl methyl sites for hydroxylation is 1. The molecule has 0 saturated heterocycles. The average Bonchev–Trinajstić information content (AvgIpc) is 3.03. The summed E-state index contributed by atoms with van der Waals surface area (Å²) >= 11 is 0. The molecule has 23 heavy (non-hydrogen) atoms. The molecule has 0 aliphatic heterocycles. The second-order valence-corrected chi connectivity index (χ2v) is 5.48. The molecule has 2 aromatic rings. The number of amides is 1. The van der Waals surface area contributed by atoms with E-state index in [0.29, 0.717) is 13.1 Å². The molecule has 2 rings (SSSR count). The Morgan fingerprint density at radius 2 is 2.17 bits per heavy atom. The molecular weight excluding hydrogens is 296 g/mol. The van der Waals surface area contributed by atoms with E-state index >= 15 is 0 Å². The standard InChI is InChI=1S/C16H22N4O3/c1-4-9-20-15(21)8-7-12(18-20)16(22)17-11-13(19(2)3)14-6-5-10-23-14/h5-8,10,13H,4,9,11H2,1-3H3,(H,17,22). The lowest BCUT2D eigenvalue weighted by Crippen LogP contribution is -2.35. The highest BCUT2D eigenvalue weighted by Crippen LogP contribution is 2.17. The summed E-state index contributed by atoms with van der Waals surface area (Å²) in [4.78, 5) is 25.9. The van der Waals surface area contributed by atoms with Gasteiger partial charge in [-0.3, -0.25) is 14.5 Å². The van der Waals surface area contributed by atoms with Crippen molar-refractivity contribution in [2.75, 3.05) is 20.6 Å². The monoisotopic (exact) mass is 318 g/mol. The first-order valence-electron chi connectivity index (χ1n) is 7.59. The van der Waals surface area contributed by atoms with Crippen LogP contribution in [-0.2, 0) is 6.54 Å². The SMILES string of the molecule is CCCn1nc(C(=O)NCC(c2ccco2)N(C)C)ccc1=O. The Kier molecular flexibility index (Phi) is 5.70. The highest BCUT2D eigenvalue weighted by atomic mass is 16.3. The Bertz CT molecular complexity index is 692. The van der Waals surface area contributed by atoms with Gasteiger partial charge in [-0.2, -0.15) is 5.10 Å². The van der Waals surface area contributed by atoms with Gasteiger partial charge >= 0.3 is 0 Å². The van der Waals surface area contributed by atoms with Crippen LogP contribution < -0.4 is 10.9 Å². The van der Waals surface area contributed by atoms with Gasteiger partial charge in [0, 0.05) is 19.2 Å². The van der Waals surface area contributed by atoms with Crippen LogP contribution in [0.4, 0.5) is 0 Å². The molecule has 1 unspecified atom stereocenters. The topological polar surface area (TPSA) is 80.4 Å². The number of nitrogens with one attached hydrogen (secondary N) is 1. The van der Waals surface area contributed by atoms with E-state index < -0.39 is 0 Å². The maximum Gasteiger partial charge on any atom is 0.271 e. The van der Waals surface area contributed by atoms with Crippen molar-refractivity contribution in [3.63, 3.8) is 0 Å². The van der Waals surface area contributed by atoms with Crippen LogP contribution in [0.2, 0.25) is 0 Å². The number of hydrogen-bond acceptors (Lipinski definition) is 5. The minimum atomic E-state index is -0.312. The molecule has 0 bridgehead atoms. The van der Waals surface area contributed by atoms with E-state index in [4.69, 9.17) is 4.42 Å². The summed E-state index contributed by atoms with van der Waals surface area (Å²) in [6, 6.07) is 6.43. The van der Waals surface area contributed by atoms with Gasteiger partial charge in [0.1, 0.15) is 11.5 Å². The molecule has 0 spiro atoms. The molecule has 0 aromatic carbocycles. The molecule has 2 heterocycles. The van der Waals surface area contributed by atoms with Crippen LogP contribution in [-0.4, -0.2) is 41.2 Å². The zero-order valence-corrected chi connectivity index (χ0v) is 13.7. The number of nitrogens with zero attached hydrogens (tertiary/aromatic N) is 3. The van der Waals surface area contributed by atoms with Crippen molar-refractivity contribution in [3.05, 3.63) is 52.3 Å². The second-order valence-electron chi connectivity index (χ2n) is 5.48. The Balaban J connectivity index is 2.06. The number of rotatable bonds is 7. The first-order chi connectivity index (χ1) is 11.0. The highest BCUT2D eigenvalue weighted by molar-refractivity contribution is 5.92. The molecule has 0 saturated carbocycles. The Hall–Kier alpha value is -2.41. The van der Waals surface area contributed by atoms with Crippen LogP contribution >= 0.6 is 0 Å². The molecule has 124 valence electrons. The summed E-state index contributed by atoms with van der Waals surface area (Å²) in [5, 5.41) is 6.94. The first kappa shape index (κ1) is 17.0. The number of likely N-dealkylation sites (N-methyl/N-ethyl adjacent to an activating group) is 1. The fourth-order valence-electron chi connectivity index (χ4n) is 2.24.